The summed E-state index contributed by atoms with van der Waals surface area (Å²) in [5.41, 5.74) is 1.06. The van der Waals surface area contributed by atoms with Crippen LogP contribution in [0.25, 0.3) is 0 Å². The van der Waals surface area contributed by atoms with Crippen LogP contribution < -0.4 is 14.4 Å². The monoisotopic (exact) mass is 217 g/mol. The molecule has 0 unspecified atom stereocenters. The number of hydrogen-bond acceptors (Lipinski definition) is 3. The number of nitrogens with zero attached hydrogens (tertiary/aromatic N) is 1. The van der Waals surface area contributed by atoms with Crippen molar-refractivity contribution >= 4 is 0 Å². The quantitative estimate of drug-likeness (QED) is 0.693. The van der Waals surface area contributed by atoms with Gasteiger partial charge in [-0.15, -0.1) is 4.57 Å². The van der Waals surface area contributed by atoms with Gasteiger partial charge in [-0.05, 0) is 5.56 Å². The summed E-state index contributed by atoms with van der Waals surface area (Å²) in [6.45, 7) is 1.12. The van der Waals surface area contributed by atoms with Crippen LogP contribution in [-0.4, -0.2) is 6.61 Å². The highest BCUT2D eigenvalue weighted by atomic mass is 16.6. The number of ether oxygens (including phenoxy) is 1. The van der Waals surface area contributed by atoms with Gasteiger partial charge in [-0.25, -0.2) is 0 Å². The molecule has 2 aromatic rings. The Morgan fingerprint density at radius 3 is 2.81 bits per heavy atom. The van der Waals surface area contributed by atoms with Crippen molar-refractivity contribution < 1.29 is 18.8 Å². The fourth-order valence-corrected chi connectivity index (χ4v) is 1.85. The Hall–Kier alpha value is -1.97. The lowest BCUT2D eigenvalue weighted by Gasteiger charge is -2.00. The second-order valence-corrected chi connectivity index (χ2v) is 3.76. The predicted octanol–water partition coefficient (Wildman–Crippen LogP) is 0.624. The number of hydrogen-bond donors (Lipinski definition) is 0. The molecule has 0 amide bonds. The van der Waals surface area contributed by atoms with Gasteiger partial charge in [-0.2, -0.15) is 0 Å². The fraction of sp³-hybridized carbons (Fsp3) is 0.250. The molecule has 4 nitrogen and oxygen atoms in total. The third-order valence-corrected chi connectivity index (χ3v) is 2.66. The van der Waals surface area contributed by atoms with Gasteiger partial charge in [-0.1, -0.05) is 30.3 Å². The van der Waals surface area contributed by atoms with E-state index in [2.05, 4.69) is 0 Å². The third kappa shape index (κ3) is 1.43. The maximum Gasteiger partial charge on any atom is 0.560 e. The molecule has 0 radical (unpaired) electrons. The zero-order chi connectivity index (χ0) is 11.0. The molecular formula is C12H11NO3. The number of rotatable bonds is 2. The van der Waals surface area contributed by atoms with E-state index in [9.17, 15) is 5.11 Å². The average molecular weight is 217 g/mol. The van der Waals surface area contributed by atoms with Gasteiger partial charge < -0.3 is 14.3 Å². The largest absolute Gasteiger partial charge is 0.821 e. The Labute approximate surface area is 92.7 Å². The van der Waals surface area contributed by atoms with Crippen LogP contribution in [0, 0.1) is 0 Å². The molecule has 0 saturated carbocycles. The number of benzene rings is 1. The minimum Gasteiger partial charge on any atom is -0.821 e. The van der Waals surface area contributed by atoms with Crippen LogP contribution >= 0.6 is 0 Å². The molecule has 0 saturated heterocycles. The van der Waals surface area contributed by atoms with Crippen molar-refractivity contribution in [1.82, 2.24) is 0 Å². The second-order valence-electron chi connectivity index (χ2n) is 3.76. The first kappa shape index (κ1) is 9.27. The second kappa shape index (κ2) is 3.56. The highest BCUT2D eigenvalue weighted by Crippen LogP contribution is 2.23. The van der Waals surface area contributed by atoms with E-state index in [4.69, 9.17) is 9.15 Å². The van der Waals surface area contributed by atoms with Crippen LogP contribution in [0.3, 0.4) is 0 Å². The highest BCUT2D eigenvalue weighted by Gasteiger charge is 2.29. The highest BCUT2D eigenvalue weighted by molar-refractivity contribution is 5.23. The minimum atomic E-state index is -0.0728. The van der Waals surface area contributed by atoms with Gasteiger partial charge >= 0.3 is 6.08 Å². The van der Waals surface area contributed by atoms with Crippen LogP contribution in [0.5, 0.6) is 12.0 Å². The molecule has 4 heteroatoms. The maximum atomic E-state index is 11.9. The van der Waals surface area contributed by atoms with Crippen LogP contribution in [0.2, 0.25) is 0 Å². The van der Waals surface area contributed by atoms with E-state index in [1.165, 1.54) is 4.57 Å². The SMILES string of the molecule is [O-]c1c(Cc2ccccc2)oc2[n+]1CCO2. The van der Waals surface area contributed by atoms with E-state index in [0.717, 1.165) is 5.56 Å². The molecule has 1 aromatic heterocycles. The molecule has 0 fully saturated rings. The first-order valence-corrected chi connectivity index (χ1v) is 5.24. The first-order valence-electron chi connectivity index (χ1n) is 5.24. The van der Waals surface area contributed by atoms with E-state index in [0.29, 0.717) is 31.4 Å². The summed E-state index contributed by atoms with van der Waals surface area (Å²) >= 11 is 0. The lowest BCUT2D eigenvalue weighted by Crippen LogP contribution is -2.32. The van der Waals surface area contributed by atoms with Gasteiger partial charge in [0.2, 0.25) is 0 Å². The summed E-state index contributed by atoms with van der Waals surface area (Å²) in [4.78, 5) is 0. The molecule has 3 rings (SSSR count). The van der Waals surface area contributed by atoms with E-state index in [1.54, 1.807) is 0 Å². The zero-order valence-electron chi connectivity index (χ0n) is 8.68. The summed E-state index contributed by atoms with van der Waals surface area (Å²) in [5.74, 6) is 0.372. The van der Waals surface area contributed by atoms with Gasteiger partial charge in [0.05, 0.1) is 0 Å². The molecule has 82 valence electrons. The van der Waals surface area contributed by atoms with Gasteiger partial charge in [0.25, 0.3) is 0 Å². The van der Waals surface area contributed by atoms with Crippen molar-refractivity contribution in [3.05, 3.63) is 41.7 Å². The number of oxazole rings is 1. The van der Waals surface area contributed by atoms with Crippen LogP contribution in [0.4, 0.5) is 0 Å². The van der Waals surface area contributed by atoms with Gasteiger partial charge in [0, 0.05) is 6.42 Å². The van der Waals surface area contributed by atoms with E-state index < -0.39 is 0 Å². The normalized spacial score (nSPS) is 13.5. The molecule has 1 aliphatic rings. The van der Waals surface area contributed by atoms with E-state index in [-0.39, 0.29) is 5.88 Å². The Morgan fingerprint density at radius 2 is 2.06 bits per heavy atom. The van der Waals surface area contributed by atoms with Crippen molar-refractivity contribution in [1.29, 1.82) is 0 Å². The molecule has 0 atom stereocenters. The van der Waals surface area contributed by atoms with Crippen molar-refractivity contribution in [3.63, 3.8) is 0 Å². The van der Waals surface area contributed by atoms with Gasteiger partial charge in [0.15, 0.2) is 24.8 Å². The fourth-order valence-electron chi connectivity index (χ4n) is 1.85. The van der Waals surface area contributed by atoms with Crippen molar-refractivity contribution in [3.8, 4) is 12.0 Å². The maximum absolute atomic E-state index is 11.9. The molecule has 2 heterocycles. The Kier molecular flexibility index (Phi) is 2.06. The van der Waals surface area contributed by atoms with Crippen LogP contribution in [0.1, 0.15) is 11.3 Å². The molecule has 16 heavy (non-hydrogen) atoms. The Balaban J connectivity index is 1.91. The van der Waals surface area contributed by atoms with Gasteiger partial charge in [-0.3, -0.25) is 0 Å². The van der Waals surface area contributed by atoms with Crippen molar-refractivity contribution in [2.75, 3.05) is 6.61 Å². The summed E-state index contributed by atoms with van der Waals surface area (Å²) in [7, 11) is 0. The molecule has 0 bridgehead atoms. The lowest BCUT2D eigenvalue weighted by molar-refractivity contribution is -0.721. The zero-order valence-corrected chi connectivity index (χ0v) is 8.68. The van der Waals surface area contributed by atoms with E-state index >= 15 is 0 Å². The summed E-state index contributed by atoms with van der Waals surface area (Å²) in [6, 6.07) is 9.78. The predicted molar refractivity (Wildman–Crippen MR) is 53.1 cm³/mol. The average Bonchev–Trinajstić information content (AvgIpc) is 2.86. The van der Waals surface area contributed by atoms with Crippen molar-refractivity contribution in [2.45, 2.75) is 13.0 Å². The Morgan fingerprint density at radius 1 is 1.25 bits per heavy atom. The van der Waals surface area contributed by atoms with E-state index in [1.807, 2.05) is 30.3 Å². The summed E-state index contributed by atoms with van der Waals surface area (Å²) in [6.07, 6.45) is 0.860. The number of fused-ring (bicyclic) bond motifs is 1. The molecule has 1 aromatic carbocycles. The van der Waals surface area contributed by atoms with Crippen LogP contribution in [-0.2, 0) is 13.0 Å². The molecule has 0 aliphatic carbocycles. The molecule has 0 N–H and O–H groups in total. The minimum absolute atomic E-state index is 0.0728. The Bertz CT molecular complexity index is 504. The summed E-state index contributed by atoms with van der Waals surface area (Å²) < 4.78 is 12.1. The smallest absolute Gasteiger partial charge is 0.560 e. The topological polar surface area (TPSA) is 49.3 Å². The first-order chi connectivity index (χ1) is 7.84. The van der Waals surface area contributed by atoms with Gasteiger partial charge in [0.1, 0.15) is 0 Å². The third-order valence-electron chi connectivity index (χ3n) is 2.66. The standard InChI is InChI=1S/C12H11NO3/c14-11-10(8-9-4-2-1-3-5-9)16-12-13(11)6-7-15-12/h1-5H,6-8H2. The molecular weight excluding hydrogens is 206 g/mol. The molecule has 0 spiro atoms. The summed E-state index contributed by atoms with van der Waals surface area (Å²) in [5, 5.41) is 11.9. The lowest BCUT2D eigenvalue weighted by atomic mass is 10.1. The van der Waals surface area contributed by atoms with Crippen molar-refractivity contribution in [2.24, 2.45) is 0 Å². The number of aromatic nitrogens is 1. The molecule has 1 aliphatic heterocycles. The van der Waals surface area contributed by atoms with Crippen LogP contribution in [0.15, 0.2) is 34.7 Å².